The van der Waals surface area contributed by atoms with Crippen LogP contribution in [0.1, 0.15) is 37.3 Å². The molecule has 0 bridgehead atoms. The summed E-state index contributed by atoms with van der Waals surface area (Å²) in [4.78, 5) is 37.6. The van der Waals surface area contributed by atoms with Crippen molar-refractivity contribution in [1.82, 2.24) is 19.4 Å². The van der Waals surface area contributed by atoms with E-state index < -0.39 is 0 Å². The van der Waals surface area contributed by atoms with Crippen molar-refractivity contribution in [1.29, 1.82) is 0 Å². The number of hydrogen-bond donors (Lipinski definition) is 0. The fourth-order valence-corrected chi connectivity index (χ4v) is 4.09. The molecule has 1 saturated heterocycles. The van der Waals surface area contributed by atoms with Gasteiger partial charge in [-0.1, -0.05) is 12.8 Å². The van der Waals surface area contributed by atoms with Crippen LogP contribution in [0.25, 0.3) is 11.0 Å². The lowest BCUT2D eigenvalue weighted by Crippen LogP contribution is -2.54. The van der Waals surface area contributed by atoms with Crippen LogP contribution in [0.4, 0.5) is 5.95 Å². The number of hydrogen-bond acceptors (Lipinski definition) is 5. The van der Waals surface area contributed by atoms with Gasteiger partial charge in [0.15, 0.2) is 0 Å². The van der Waals surface area contributed by atoms with E-state index in [0.717, 1.165) is 42.3 Å². The van der Waals surface area contributed by atoms with E-state index in [0.29, 0.717) is 19.0 Å². The van der Waals surface area contributed by atoms with E-state index in [2.05, 4.69) is 4.98 Å². The number of aromatic nitrogens is 3. The molecule has 0 unspecified atom stereocenters. The van der Waals surface area contributed by atoms with Crippen molar-refractivity contribution < 1.29 is 4.79 Å². The minimum absolute atomic E-state index is 0.00108. The first-order chi connectivity index (χ1) is 12.5. The summed E-state index contributed by atoms with van der Waals surface area (Å²) in [7, 11) is 3.56. The molecule has 3 heterocycles. The molecule has 1 aliphatic carbocycles. The van der Waals surface area contributed by atoms with Gasteiger partial charge in [-0.25, -0.2) is 4.98 Å². The average Bonchev–Trinajstić information content (AvgIpc) is 3.07. The Morgan fingerprint density at radius 3 is 2.58 bits per heavy atom. The molecule has 0 spiro atoms. The molecular weight excluding hydrogens is 330 g/mol. The summed E-state index contributed by atoms with van der Waals surface area (Å²) >= 11 is 0. The van der Waals surface area contributed by atoms with E-state index in [1.807, 2.05) is 22.6 Å². The minimum Gasteiger partial charge on any atom is -0.348 e. The standard InChI is InChI=1S/C19H25N5O2/c1-12-8-16(25)24(14-6-4-5-7-14)17-15(12)9-20-19(21-17)23-10-13(11-23)18(26)22(2)3/h8-9,13-14H,4-7,10-11H2,1-3H3. The lowest BCUT2D eigenvalue weighted by atomic mass is 9.99. The Labute approximate surface area is 152 Å². The Balaban J connectivity index is 1.70. The molecule has 1 amide bonds. The third kappa shape index (κ3) is 2.75. The van der Waals surface area contributed by atoms with E-state index in [-0.39, 0.29) is 23.4 Å². The highest BCUT2D eigenvalue weighted by Gasteiger charge is 2.35. The Morgan fingerprint density at radius 1 is 1.23 bits per heavy atom. The number of rotatable bonds is 3. The summed E-state index contributed by atoms with van der Waals surface area (Å²) < 4.78 is 1.86. The molecule has 26 heavy (non-hydrogen) atoms. The lowest BCUT2D eigenvalue weighted by molar-refractivity contribution is -0.133. The van der Waals surface area contributed by atoms with Gasteiger partial charge in [-0.2, -0.15) is 4.98 Å². The zero-order valence-electron chi connectivity index (χ0n) is 15.6. The second-order valence-corrected chi connectivity index (χ2v) is 7.72. The molecule has 0 radical (unpaired) electrons. The van der Waals surface area contributed by atoms with Crippen molar-refractivity contribution in [3.8, 4) is 0 Å². The number of aryl methyl sites for hydroxylation is 1. The highest BCUT2D eigenvalue weighted by Crippen LogP contribution is 2.31. The number of carbonyl (C=O) groups is 1. The van der Waals surface area contributed by atoms with Crippen LogP contribution in [0.3, 0.4) is 0 Å². The van der Waals surface area contributed by atoms with Crippen molar-refractivity contribution in [2.24, 2.45) is 5.92 Å². The van der Waals surface area contributed by atoms with Crippen LogP contribution in [0, 0.1) is 12.8 Å². The molecule has 7 nitrogen and oxygen atoms in total. The van der Waals surface area contributed by atoms with Gasteiger partial charge >= 0.3 is 0 Å². The number of fused-ring (bicyclic) bond motifs is 1. The molecule has 2 aliphatic rings. The zero-order valence-corrected chi connectivity index (χ0v) is 15.6. The molecule has 2 aromatic rings. The SMILES string of the molecule is Cc1cc(=O)n(C2CCCC2)c2nc(N3CC(C(=O)N(C)C)C3)ncc12. The van der Waals surface area contributed by atoms with Crippen LogP contribution < -0.4 is 10.5 Å². The molecule has 0 N–H and O–H groups in total. The van der Waals surface area contributed by atoms with Gasteiger partial charge in [0.1, 0.15) is 5.65 Å². The maximum Gasteiger partial charge on any atom is 0.252 e. The Morgan fingerprint density at radius 2 is 1.92 bits per heavy atom. The molecule has 138 valence electrons. The van der Waals surface area contributed by atoms with Crippen molar-refractivity contribution in [3.63, 3.8) is 0 Å². The molecule has 2 aromatic heterocycles. The minimum atomic E-state index is -0.00108. The van der Waals surface area contributed by atoms with Crippen LogP contribution in [0.15, 0.2) is 17.1 Å². The smallest absolute Gasteiger partial charge is 0.252 e. The van der Waals surface area contributed by atoms with Crippen LogP contribution in [-0.4, -0.2) is 52.5 Å². The first-order valence-electron chi connectivity index (χ1n) is 9.30. The van der Waals surface area contributed by atoms with Gasteiger partial charge in [0.05, 0.1) is 5.92 Å². The second kappa shape index (κ2) is 6.37. The number of amides is 1. The molecule has 7 heteroatoms. The molecule has 2 fully saturated rings. The first-order valence-corrected chi connectivity index (χ1v) is 9.30. The van der Waals surface area contributed by atoms with E-state index in [1.54, 1.807) is 25.1 Å². The van der Waals surface area contributed by atoms with Crippen LogP contribution in [-0.2, 0) is 4.79 Å². The van der Waals surface area contributed by atoms with Crippen LogP contribution in [0.2, 0.25) is 0 Å². The molecular formula is C19H25N5O2. The quantitative estimate of drug-likeness (QED) is 0.839. The van der Waals surface area contributed by atoms with Gasteiger partial charge < -0.3 is 9.80 Å². The van der Waals surface area contributed by atoms with E-state index >= 15 is 0 Å². The maximum atomic E-state index is 12.7. The third-order valence-electron chi connectivity index (χ3n) is 5.63. The molecule has 1 saturated carbocycles. The Hall–Kier alpha value is -2.44. The first kappa shape index (κ1) is 17.0. The summed E-state index contributed by atoms with van der Waals surface area (Å²) in [6.07, 6.45) is 6.19. The number of anilines is 1. The maximum absolute atomic E-state index is 12.7. The average molecular weight is 355 g/mol. The fraction of sp³-hybridized carbons (Fsp3) is 0.579. The van der Waals surface area contributed by atoms with E-state index in [4.69, 9.17) is 4.98 Å². The van der Waals surface area contributed by atoms with E-state index in [1.165, 1.54) is 0 Å². The fourth-order valence-electron chi connectivity index (χ4n) is 4.09. The van der Waals surface area contributed by atoms with Gasteiger partial charge in [-0.15, -0.1) is 0 Å². The van der Waals surface area contributed by atoms with Gasteiger partial charge in [-0.05, 0) is 25.3 Å². The topological polar surface area (TPSA) is 71.3 Å². The number of carbonyl (C=O) groups excluding carboxylic acids is 1. The van der Waals surface area contributed by atoms with Crippen molar-refractivity contribution in [3.05, 3.63) is 28.2 Å². The predicted molar refractivity (Wildman–Crippen MR) is 100 cm³/mol. The molecule has 4 rings (SSSR count). The highest BCUT2D eigenvalue weighted by atomic mass is 16.2. The molecule has 0 atom stereocenters. The van der Waals surface area contributed by atoms with Crippen LogP contribution in [0.5, 0.6) is 0 Å². The van der Waals surface area contributed by atoms with Gasteiger partial charge in [0.2, 0.25) is 11.9 Å². The van der Waals surface area contributed by atoms with E-state index in [9.17, 15) is 9.59 Å². The summed E-state index contributed by atoms with van der Waals surface area (Å²) in [6.45, 7) is 3.19. The predicted octanol–water partition coefficient (Wildman–Crippen LogP) is 1.74. The molecule has 0 aromatic carbocycles. The summed E-state index contributed by atoms with van der Waals surface area (Å²) in [5, 5.41) is 0.932. The summed E-state index contributed by atoms with van der Waals surface area (Å²) in [5.74, 6) is 0.747. The summed E-state index contributed by atoms with van der Waals surface area (Å²) in [5.41, 5.74) is 1.67. The lowest BCUT2D eigenvalue weighted by Gasteiger charge is -2.39. The van der Waals surface area contributed by atoms with Gasteiger partial charge in [-0.3, -0.25) is 14.2 Å². The monoisotopic (exact) mass is 355 g/mol. The van der Waals surface area contributed by atoms with Crippen molar-refractivity contribution in [2.45, 2.75) is 38.6 Å². The zero-order chi connectivity index (χ0) is 18.4. The van der Waals surface area contributed by atoms with Gasteiger partial charge in [0.25, 0.3) is 5.56 Å². The third-order valence-corrected chi connectivity index (χ3v) is 5.63. The number of pyridine rings is 1. The van der Waals surface area contributed by atoms with Crippen molar-refractivity contribution >= 4 is 22.9 Å². The number of nitrogens with zero attached hydrogens (tertiary/aromatic N) is 5. The summed E-state index contributed by atoms with van der Waals surface area (Å²) in [6, 6.07) is 1.92. The second-order valence-electron chi connectivity index (χ2n) is 7.72. The normalized spacial score (nSPS) is 18.3. The largest absolute Gasteiger partial charge is 0.348 e. The highest BCUT2D eigenvalue weighted by molar-refractivity contribution is 5.82. The van der Waals surface area contributed by atoms with Crippen molar-refractivity contribution in [2.75, 3.05) is 32.1 Å². The Bertz CT molecular complexity index is 908. The van der Waals surface area contributed by atoms with Gasteiger partial charge in [0, 0.05) is 50.9 Å². The Kier molecular flexibility index (Phi) is 4.17. The molecule has 1 aliphatic heterocycles. The van der Waals surface area contributed by atoms with Crippen LogP contribution >= 0.6 is 0 Å².